The number of hydrogen-bond acceptors (Lipinski definition) is 2. The molecule has 2 rings (SSSR count). The summed E-state index contributed by atoms with van der Waals surface area (Å²) in [5.41, 5.74) is 4.50. The van der Waals surface area contributed by atoms with Gasteiger partial charge in [0.05, 0.1) is 6.10 Å². The van der Waals surface area contributed by atoms with Gasteiger partial charge >= 0.3 is 0 Å². The number of rotatable bonds is 5. The van der Waals surface area contributed by atoms with E-state index in [-0.39, 0.29) is 0 Å². The van der Waals surface area contributed by atoms with E-state index < -0.39 is 6.10 Å². The minimum atomic E-state index is -0.467. The van der Waals surface area contributed by atoms with E-state index in [1.807, 2.05) is 31.2 Å². The number of hydrogen-bond donors (Lipinski definition) is 1. The molecule has 106 valence electrons. The Balaban J connectivity index is 2.14. The maximum Gasteiger partial charge on any atom is 0.125 e. The highest BCUT2D eigenvalue weighted by Gasteiger charge is 2.11. The summed E-state index contributed by atoms with van der Waals surface area (Å²) in [5.74, 6) is 0.765. The van der Waals surface area contributed by atoms with Crippen LogP contribution in [0, 0.1) is 13.8 Å². The van der Waals surface area contributed by atoms with Gasteiger partial charge < -0.3 is 9.84 Å². The van der Waals surface area contributed by atoms with Crippen molar-refractivity contribution in [1.82, 2.24) is 0 Å². The van der Waals surface area contributed by atoms with E-state index >= 15 is 0 Å². The summed E-state index contributed by atoms with van der Waals surface area (Å²) in [6.07, 6.45) is 0.217. The third kappa shape index (κ3) is 3.61. The zero-order valence-electron chi connectivity index (χ0n) is 12.4. The van der Waals surface area contributed by atoms with Crippen LogP contribution in [0.25, 0.3) is 0 Å². The van der Waals surface area contributed by atoms with Crippen molar-refractivity contribution in [3.8, 4) is 5.75 Å². The van der Waals surface area contributed by atoms with Crippen LogP contribution in [0.2, 0.25) is 0 Å². The normalized spacial score (nSPS) is 12.2. The SMILES string of the molecule is CC[C@H](O)c1ccccc1OCc1cc(C)cc(C)c1. The van der Waals surface area contributed by atoms with Crippen LogP contribution in [-0.4, -0.2) is 5.11 Å². The number of aryl methyl sites for hydroxylation is 2. The molecule has 2 aromatic carbocycles. The smallest absolute Gasteiger partial charge is 0.125 e. The summed E-state index contributed by atoms with van der Waals surface area (Å²) < 4.78 is 5.90. The van der Waals surface area contributed by atoms with Crippen molar-refractivity contribution in [2.24, 2.45) is 0 Å². The number of benzene rings is 2. The predicted molar refractivity (Wildman–Crippen MR) is 81.9 cm³/mol. The van der Waals surface area contributed by atoms with Crippen LogP contribution in [0.1, 0.15) is 41.7 Å². The lowest BCUT2D eigenvalue weighted by Gasteiger charge is -2.15. The third-order valence-electron chi connectivity index (χ3n) is 3.34. The summed E-state index contributed by atoms with van der Waals surface area (Å²) >= 11 is 0. The highest BCUT2D eigenvalue weighted by atomic mass is 16.5. The predicted octanol–water partition coefficient (Wildman–Crippen LogP) is 4.33. The summed E-state index contributed by atoms with van der Waals surface area (Å²) in [5, 5.41) is 10.0. The Kier molecular flexibility index (Phi) is 4.80. The lowest BCUT2D eigenvalue weighted by molar-refractivity contribution is 0.166. The standard InChI is InChI=1S/C18H22O2/c1-4-17(19)16-7-5-6-8-18(16)20-12-15-10-13(2)9-14(3)11-15/h5-11,17,19H,4,12H2,1-3H3/t17-/m0/s1. The number of aliphatic hydroxyl groups excluding tert-OH is 1. The molecule has 0 aliphatic heterocycles. The molecule has 0 aromatic heterocycles. The van der Waals surface area contributed by atoms with Crippen molar-refractivity contribution in [3.63, 3.8) is 0 Å². The first kappa shape index (κ1) is 14.6. The van der Waals surface area contributed by atoms with Crippen LogP contribution in [0.5, 0.6) is 5.75 Å². The Morgan fingerprint density at radius 2 is 1.70 bits per heavy atom. The van der Waals surface area contributed by atoms with Gasteiger partial charge in [0.1, 0.15) is 12.4 Å². The van der Waals surface area contributed by atoms with Crippen molar-refractivity contribution in [2.45, 2.75) is 39.9 Å². The fraction of sp³-hybridized carbons (Fsp3) is 0.333. The minimum Gasteiger partial charge on any atom is -0.489 e. The molecule has 0 bridgehead atoms. The van der Waals surface area contributed by atoms with E-state index in [1.54, 1.807) is 0 Å². The van der Waals surface area contributed by atoms with Gasteiger partial charge in [0.2, 0.25) is 0 Å². The molecule has 0 heterocycles. The van der Waals surface area contributed by atoms with E-state index in [0.29, 0.717) is 13.0 Å². The van der Waals surface area contributed by atoms with E-state index in [2.05, 4.69) is 32.0 Å². The van der Waals surface area contributed by atoms with Crippen LogP contribution in [0.15, 0.2) is 42.5 Å². The summed E-state index contributed by atoms with van der Waals surface area (Å²) in [6.45, 7) is 6.66. The molecular formula is C18H22O2. The molecule has 0 amide bonds. The molecule has 1 atom stereocenters. The first-order valence-corrected chi connectivity index (χ1v) is 7.07. The second kappa shape index (κ2) is 6.58. The van der Waals surface area contributed by atoms with E-state index in [9.17, 15) is 5.11 Å². The molecule has 0 aliphatic rings. The summed E-state index contributed by atoms with van der Waals surface area (Å²) in [6, 6.07) is 14.1. The Bertz CT molecular complexity index is 555. The van der Waals surface area contributed by atoms with Gasteiger partial charge in [0.25, 0.3) is 0 Å². The zero-order chi connectivity index (χ0) is 14.5. The molecule has 0 saturated carbocycles. The van der Waals surface area contributed by atoms with E-state index in [1.165, 1.54) is 11.1 Å². The quantitative estimate of drug-likeness (QED) is 0.876. The summed E-state index contributed by atoms with van der Waals surface area (Å²) in [7, 11) is 0. The zero-order valence-corrected chi connectivity index (χ0v) is 12.4. The number of para-hydroxylation sites is 1. The first-order valence-electron chi connectivity index (χ1n) is 7.07. The van der Waals surface area contributed by atoms with Crippen LogP contribution in [-0.2, 0) is 6.61 Å². The Labute approximate surface area is 121 Å². The van der Waals surface area contributed by atoms with Crippen LogP contribution < -0.4 is 4.74 Å². The van der Waals surface area contributed by atoms with Crippen LogP contribution >= 0.6 is 0 Å². The largest absolute Gasteiger partial charge is 0.489 e. The first-order chi connectivity index (χ1) is 9.60. The van der Waals surface area contributed by atoms with Crippen molar-refractivity contribution in [2.75, 3.05) is 0 Å². The Morgan fingerprint density at radius 3 is 2.35 bits per heavy atom. The molecule has 2 aromatic rings. The average Bonchev–Trinajstić information content (AvgIpc) is 2.43. The monoisotopic (exact) mass is 270 g/mol. The molecule has 0 saturated heterocycles. The van der Waals surface area contributed by atoms with Gasteiger partial charge in [-0.1, -0.05) is 54.4 Å². The van der Waals surface area contributed by atoms with Crippen molar-refractivity contribution in [3.05, 3.63) is 64.7 Å². The van der Waals surface area contributed by atoms with Gasteiger partial charge in [0, 0.05) is 5.56 Å². The molecular weight excluding hydrogens is 248 g/mol. The van der Waals surface area contributed by atoms with E-state index in [0.717, 1.165) is 16.9 Å². The minimum absolute atomic E-state index is 0.467. The van der Waals surface area contributed by atoms with E-state index in [4.69, 9.17) is 4.74 Å². The van der Waals surface area contributed by atoms with Gasteiger partial charge in [-0.05, 0) is 31.9 Å². The van der Waals surface area contributed by atoms with Crippen molar-refractivity contribution >= 4 is 0 Å². The van der Waals surface area contributed by atoms with Crippen LogP contribution in [0.4, 0.5) is 0 Å². The molecule has 2 nitrogen and oxygen atoms in total. The van der Waals surface area contributed by atoms with Crippen LogP contribution in [0.3, 0.4) is 0 Å². The van der Waals surface area contributed by atoms with Gasteiger partial charge in [-0.2, -0.15) is 0 Å². The van der Waals surface area contributed by atoms with Gasteiger partial charge in [-0.25, -0.2) is 0 Å². The van der Waals surface area contributed by atoms with Gasteiger partial charge in [-0.3, -0.25) is 0 Å². The molecule has 0 spiro atoms. The maximum absolute atomic E-state index is 10.0. The highest BCUT2D eigenvalue weighted by molar-refractivity contribution is 5.35. The van der Waals surface area contributed by atoms with Gasteiger partial charge in [0.15, 0.2) is 0 Å². The van der Waals surface area contributed by atoms with Crippen molar-refractivity contribution < 1.29 is 9.84 Å². The Morgan fingerprint density at radius 1 is 1.05 bits per heavy atom. The molecule has 2 heteroatoms. The van der Waals surface area contributed by atoms with Gasteiger partial charge in [-0.15, -0.1) is 0 Å². The molecule has 0 fully saturated rings. The fourth-order valence-corrected chi connectivity index (χ4v) is 2.42. The number of ether oxygens (including phenoxy) is 1. The number of aliphatic hydroxyl groups is 1. The molecule has 0 radical (unpaired) electrons. The topological polar surface area (TPSA) is 29.5 Å². The molecule has 0 aliphatic carbocycles. The highest BCUT2D eigenvalue weighted by Crippen LogP contribution is 2.27. The maximum atomic E-state index is 10.0. The second-order valence-corrected chi connectivity index (χ2v) is 5.25. The second-order valence-electron chi connectivity index (χ2n) is 5.25. The lowest BCUT2D eigenvalue weighted by atomic mass is 10.1. The molecule has 20 heavy (non-hydrogen) atoms. The molecule has 0 unspecified atom stereocenters. The average molecular weight is 270 g/mol. The third-order valence-corrected chi connectivity index (χ3v) is 3.34. The fourth-order valence-electron chi connectivity index (χ4n) is 2.42. The molecule has 1 N–H and O–H groups in total. The summed E-state index contributed by atoms with van der Waals surface area (Å²) in [4.78, 5) is 0. The Hall–Kier alpha value is -1.80. The lowest BCUT2D eigenvalue weighted by Crippen LogP contribution is -2.02. The van der Waals surface area contributed by atoms with Crippen molar-refractivity contribution in [1.29, 1.82) is 0 Å².